The summed E-state index contributed by atoms with van der Waals surface area (Å²) in [5, 5.41) is 0. The number of ether oxygens (including phenoxy) is 1. The number of benzene rings is 1. The number of hydrogen-bond acceptors (Lipinski definition) is 1. The Morgan fingerprint density at radius 1 is 1.27 bits per heavy atom. The molecule has 0 bridgehead atoms. The first-order valence-electron chi connectivity index (χ1n) is 3.94. The molecule has 1 aliphatic rings. The Kier molecular flexibility index (Phi) is 1.91. The van der Waals surface area contributed by atoms with Gasteiger partial charge in [0.05, 0.1) is 12.7 Å². The Morgan fingerprint density at radius 2 is 2.00 bits per heavy atom. The predicted octanol–water partition coefficient (Wildman–Crippen LogP) is 2.18. The van der Waals surface area contributed by atoms with E-state index < -0.39 is 0 Å². The van der Waals surface area contributed by atoms with E-state index in [2.05, 4.69) is 18.6 Å². The minimum atomic E-state index is 0.440. The maximum absolute atomic E-state index is 5.48. The van der Waals surface area contributed by atoms with Crippen molar-refractivity contribution in [3.63, 3.8) is 0 Å². The van der Waals surface area contributed by atoms with Crippen molar-refractivity contribution in [1.82, 2.24) is 0 Å². The fraction of sp³-hybridized carbons (Fsp3) is 0.300. The third-order valence-corrected chi connectivity index (χ3v) is 1.74. The molecule has 0 N–H and O–H groups in total. The molecule has 57 valence electrons. The van der Waals surface area contributed by atoms with Crippen molar-refractivity contribution in [3.05, 3.63) is 42.3 Å². The third kappa shape index (κ3) is 2.05. The van der Waals surface area contributed by atoms with E-state index in [4.69, 9.17) is 4.74 Å². The molecule has 1 nitrogen and oxygen atoms in total. The second kappa shape index (κ2) is 3.05. The van der Waals surface area contributed by atoms with E-state index in [0.29, 0.717) is 6.10 Å². The molecular weight excluding hydrogens is 136 g/mol. The largest absolute Gasteiger partial charge is 0.373 e. The first kappa shape index (κ1) is 6.86. The second-order valence-corrected chi connectivity index (χ2v) is 2.81. The van der Waals surface area contributed by atoms with Crippen LogP contribution in [0, 0.1) is 6.42 Å². The quantitative estimate of drug-likeness (QED) is 0.636. The van der Waals surface area contributed by atoms with Gasteiger partial charge in [0, 0.05) is 0 Å². The topological polar surface area (TPSA) is 9.23 Å². The molecule has 0 aromatic heterocycles. The summed E-state index contributed by atoms with van der Waals surface area (Å²) in [6, 6.07) is 10.3. The summed E-state index contributed by atoms with van der Waals surface area (Å²) in [4.78, 5) is 0. The van der Waals surface area contributed by atoms with Crippen molar-refractivity contribution in [1.29, 1.82) is 0 Å². The zero-order valence-electron chi connectivity index (χ0n) is 6.36. The van der Waals surface area contributed by atoms with Gasteiger partial charge in [0.2, 0.25) is 0 Å². The average molecular weight is 147 g/mol. The second-order valence-electron chi connectivity index (χ2n) is 2.81. The molecule has 1 heteroatoms. The molecule has 1 saturated carbocycles. The van der Waals surface area contributed by atoms with Crippen molar-refractivity contribution in [2.75, 3.05) is 0 Å². The fourth-order valence-electron chi connectivity index (χ4n) is 0.969. The lowest BCUT2D eigenvalue weighted by Gasteiger charge is -2.00. The van der Waals surface area contributed by atoms with Crippen molar-refractivity contribution in [2.24, 2.45) is 0 Å². The monoisotopic (exact) mass is 147 g/mol. The van der Waals surface area contributed by atoms with E-state index in [1.807, 2.05) is 18.2 Å². The van der Waals surface area contributed by atoms with E-state index >= 15 is 0 Å². The van der Waals surface area contributed by atoms with Crippen LogP contribution in [0.25, 0.3) is 0 Å². The Labute approximate surface area is 67.0 Å². The maximum atomic E-state index is 5.48. The van der Waals surface area contributed by atoms with Crippen LogP contribution in [0.3, 0.4) is 0 Å². The Balaban J connectivity index is 1.85. The van der Waals surface area contributed by atoms with Crippen LogP contribution in [0.1, 0.15) is 12.0 Å². The first-order chi connectivity index (χ1) is 5.45. The van der Waals surface area contributed by atoms with Crippen LogP contribution in [0.4, 0.5) is 0 Å². The summed E-state index contributed by atoms with van der Waals surface area (Å²) < 4.78 is 5.48. The average Bonchev–Trinajstić information content (AvgIpc) is 2.86. The maximum Gasteiger partial charge on any atom is 0.0720 e. The lowest BCUT2D eigenvalue weighted by Crippen LogP contribution is -1.93. The van der Waals surface area contributed by atoms with Crippen LogP contribution >= 0.6 is 0 Å². The van der Waals surface area contributed by atoms with E-state index in [1.165, 1.54) is 5.56 Å². The van der Waals surface area contributed by atoms with Gasteiger partial charge in [0.15, 0.2) is 0 Å². The molecule has 0 saturated heterocycles. The molecule has 1 radical (unpaired) electrons. The first-order valence-corrected chi connectivity index (χ1v) is 3.94. The van der Waals surface area contributed by atoms with Gasteiger partial charge in [-0.05, 0) is 18.4 Å². The lowest BCUT2D eigenvalue weighted by atomic mass is 10.2. The van der Waals surface area contributed by atoms with Gasteiger partial charge >= 0.3 is 0 Å². The summed E-state index contributed by atoms with van der Waals surface area (Å²) in [6.07, 6.45) is 3.74. The molecule has 0 amide bonds. The van der Waals surface area contributed by atoms with Gasteiger partial charge in [-0.2, -0.15) is 0 Å². The van der Waals surface area contributed by atoms with Crippen LogP contribution in [-0.4, -0.2) is 6.10 Å². The smallest absolute Gasteiger partial charge is 0.0720 e. The van der Waals surface area contributed by atoms with Crippen molar-refractivity contribution >= 4 is 0 Å². The normalized spacial score (nSPS) is 16.7. The highest BCUT2D eigenvalue weighted by molar-refractivity contribution is 5.13. The molecule has 1 aliphatic carbocycles. The molecule has 11 heavy (non-hydrogen) atoms. The van der Waals surface area contributed by atoms with Crippen LogP contribution < -0.4 is 0 Å². The van der Waals surface area contributed by atoms with E-state index in [1.54, 1.807) is 0 Å². The Bertz CT molecular complexity index is 214. The van der Waals surface area contributed by atoms with Gasteiger partial charge in [-0.15, -0.1) is 0 Å². The molecule has 0 aliphatic heterocycles. The van der Waals surface area contributed by atoms with Gasteiger partial charge in [-0.3, -0.25) is 0 Å². The summed E-state index contributed by atoms with van der Waals surface area (Å²) in [7, 11) is 0. The third-order valence-electron chi connectivity index (χ3n) is 1.74. The zero-order chi connectivity index (χ0) is 7.52. The lowest BCUT2D eigenvalue weighted by molar-refractivity contribution is 0.113. The van der Waals surface area contributed by atoms with Crippen molar-refractivity contribution in [2.45, 2.75) is 19.1 Å². The van der Waals surface area contributed by atoms with Crippen LogP contribution in [0.15, 0.2) is 30.3 Å². The molecule has 1 unspecified atom stereocenters. The SMILES string of the molecule is [CH]1CC1OCc1ccccc1. The summed E-state index contributed by atoms with van der Waals surface area (Å²) in [5.74, 6) is 0. The summed E-state index contributed by atoms with van der Waals surface area (Å²) >= 11 is 0. The van der Waals surface area contributed by atoms with E-state index in [9.17, 15) is 0 Å². The van der Waals surface area contributed by atoms with Gasteiger partial charge in [-0.25, -0.2) is 0 Å². The van der Waals surface area contributed by atoms with Gasteiger partial charge in [0.25, 0.3) is 0 Å². The van der Waals surface area contributed by atoms with Crippen molar-refractivity contribution in [3.8, 4) is 0 Å². The Morgan fingerprint density at radius 3 is 2.64 bits per heavy atom. The van der Waals surface area contributed by atoms with Crippen LogP contribution in [-0.2, 0) is 11.3 Å². The van der Waals surface area contributed by atoms with Gasteiger partial charge in [0.1, 0.15) is 0 Å². The van der Waals surface area contributed by atoms with Gasteiger partial charge < -0.3 is 4.74 Å². The molecule has 2 rings (SSSR count). The van der Waals surface area contributed by atoms with Crippen LogP contribution in [0.5, 0.6) is 0 Å². The zero-order valence-corrected chi connectivity index (χ0v) is 6.36. The van der Waals surface area contributed by atoms with Gasteiger partial charge in [-0.1, -0.05) is 30.3 Å². The minimum absolute atomic E-state index is 0.440. The summed E-state index contributed by atoms with van der Waals surface area (Å²) in [6.45, 7) is 0.752. The number of rotatable bonds is 3. The van der Waals surface area contributed by atoms with E-state index in [-0.39, 0.29) is 0 Å². The molecule has 1 aromatic rings. The minimum Gasteiger partial charge on any atom is -0.373 e. The van der Waals surface area contributed by atoms with E-state index in [0.717, 1.165) is 13.0 Å². The predicted molar refractivity (Wildman–Crippen MR) is 43.9 cm³/mol. The van der Waals surface area contributed by atoms with Crippen LogP contribution in [0.2, 0.25) is 0 Å². The highest BCUT2D eigenvalue weighted by atomic mass is 16.5. The highest BCUT2D eigenvalue weighted by Gasteiger charge is 2.22. The summed E-state index contributed by atoms with van der Waals surface area (Å²) in [5.41, 5.74) is 1.26. The Hall–Kier alpha value is -0.820. The highest BCUT2D eigenvalue weighted by Crippen LogP contribution is 2.22. The number of hydrogen-bond donors (Lipinski definition) is 0. The molecule has 1 atom stereocenters. The molecule has 1 fully saturated rings. The molecule has 0 heterocycles. The standard InChI is InChI=1S/C10H11O/c1-2-4-9(5-3-1)8-11-10-6-7-10/h1-6,10H,7-8H2. The molecular formula is C10H11O. The fourth-order valence-corrected chi connectivity index (χ4v) is 0.969. The van der Waals surface area contributed by atoms with Crippen molar-refractivity contribution < 1.29 is 4.74 Å². The molecule has 0 spiro atoms. The molecule has 1 aromatic carbocycles.